The van der Waals surface area contributed by atoms with Gasteiger partial charge in [0.15, 0.2) is 5.03 Å². The summed E-state index contributed by atoms with van der Waals surface area (Å²) in [7, 11) is -3.50. The molecule has 2 rings (SSSR count). The van der Waals surface area contributed by atoms with Crippen molar-refractivity contribution in [3.63, 3.8) is 0 Å². The molecule has 2 heterocycles. The average molecular weight is 357 g/mol. The lowest BCUT2D eigenvalue weighted by Crippen LogP contribution is -2.43. The van der Waals surface area contributed by atoms with E-state index in [1.807, 2.05) is 13.8 Å². The van der Waals surface area contributed by atoms with Gasteiger partial charge in [-0.2, -0.15) is 5.10 Å². The highest BCUT2D eigenvalue weighted by atomic mass is 32.2. The van der Waals surface area contributed by atoms with E-state index in [9.17, 15) is 8.42 Å². The first-order chi connectivity index (χ1) is 11.3. The van der Waals surface area contributed by atoms with Gasteiger partial charge in [0.2, 0.25) is 0 Å². The van der Waals surface area contributed by atoms with E-state index in [4.69, 9.17) is 0 Å². The average Bonchev–Trinajstić information content (AvgIpc) is 2.99. The zero-order valence-corrected chi connectivity index (χ0v) is 16.2. The van der Waals surface area contributed by atoms with Crippen LogP contribution in [0.15, 0.2) is 17.3 Å². The second-order valence-corrected chi connectivity index (χ2v) is 9.15. The predicted octanol–water partition coefficient (Wildman–Crippen LogP) is 2.64. The van der Waals surface area contributed by atoms with Crippen molar-refractivity contribution in [3.8, 4) is 0 Å². The van der Waals surface area contributed by atoms with Crippen molar-refractivity contribution in [1.82, 2.24) is 19.4 Å². The first kappa shape index (κ1) is 19.4. The highest BCUT2D eigenvalue weighted by molar-refractivity contribution is 7.89. The summed E-state index contributed by atoms with van der Waals surface area (Å²) in [6, 6.07) is 2.07. The van der Waals surface area contributed by atoms with E-state index in [0.717, 1.165) is 19.5 Å². The minimum absolute atomic E-state index is 0.0199. The molecule has 0 radical (unpaired) electrons. The van der Waals surface area contributed by atoms with Crippen LogP contribution >= 0.6 is 0 Å². The molecule has 0 aliphatic carbocycles. The van der Waals surface area contributed by atoms with E-state index in [2.05, 4.69) is 28.6 Å². The summed E-state index contributed by atoms with van der Waals surface area (Å²) in [6.45, 7) is 11.0. The van der Waals surface area contributed by atoms with Gasteiger partial charge in [0.25, 0.3) is 10.0 Å². The number of nitrogens with one attached hydrogen (secondary N) is 1. The summed E-state index contributed by atoms with van der Waals surface area (Å²) in [5, 5.41) is 4.36. The second-order valence-electron chi connectivity index (χ2n) is 7.43. The Bertz CT molecular complexity index is 610. The van der Waals surface area contributed by atoms with E-state index < -0.39 is 10.0 Å². The van der Waals surface area contributed by atoms with E-state index in [1.165, 1.54) is 19.3 Å². The Balaban J connectivity index is 1.93. The number of rotatable bonds is 8. The van der Waals surface area contributed by atoms with Crippen LogP contribution in [0.1, 0.15) is 59.4 Å². The molecule has 0 bridgehead atoms. The third-order valence-electron chi connectivity index (χ3n) is 4.52. The number of piperidine rings is 1. The molecule has 0 aromatic carbocycles. The maximum absolute atomic E-state index is 12.5. The number of hydrogen-bond acceptors (Lipinski definition) is 4. The Morgan fingerprint density at radius 3 is 2.71 bits per heavy atom. The number of sulfonamides is 1. The van der Waals surface area contributed by atoms with Crippen molar-refractivity contribution < 1.29 is 8.42 Å². The lowest BCUT2D eigenvalue weighted by atomic mass is 9.98. The fraction of sp³-hybridized carbons (Fsp3) is 0.824. The Hall–Kier alpha value is -0.920. The number of nitrogens with zero attached hydrogens (tertiary/aromatic N) is 3. The van der Waals surface area contributed by atoms with Crippen molar-refractivity contribution in [2.45, 2.75) is 70.5 Å². The van der Waals surface area contributed by atoms with Gasteiger partial charge in [-0.3, -0.25) is 4.68 Å². The molecule has 24 heavy (non-hydrogen) atoms. The lowest BCUT2D eigenvalue weighted by molar-refractivity contribution is 0.126. The molecule has 1 atom stereocenters. The molecule has 1 fully saturated rings. The number of aromatic nitrogens is 2. The Kier molecular flexibility index (Phi) is 6.83. The Labute approximate surface area is 146 Å². The van der Waals surface area contributed by atoms with E-state index in [-0.39, 0.29) is 11.1 Å². The first-order valence-electron chi connectivity index (χ1n) is 9.08. The predicted molar refractivity (Wildman–Crippen MR) is 96.5 cm³/mol. The maximum atomic E-state index is 12.5. The van der Waals surface area contributed by atoms with Gasteiger partial charge >= 0.3 is 0 Å². The number of hydrogen-bond donors (Lipinski definition) is 1. The number of likely N-dealkylation sites (tertiary alicyclic amines) is 1. The van der Waals surface area contributed by atoms with Gasteiger partial charge < -0.3 is 4.90 Å². The topological polar surface area (TPSA) is 67.2 Å². The molecule has 1 aromatic heterocycles. The first-order valence-corrected chi connectivity index (χ1v) is 10.6. The van der Waals surface area contributed by atoms with Gasteiger partial charge in [-0.25, -0.2) is 13.1 Å². The normalized spacial score (nSPS) is 20.2. The van der Waals surface area contributed by atoms with Gasteiger partial charge in [-0.05, 0) is 51.6 Å². The zero-order chi connectivity index (χ0) is 17.7. The van der Waals surface area contributed by atoms with E-state index in [1.54, 1.807) is 16.9 Å². The third-order valence-corrected chi connectivity index (χ3v) is 5.97. The summed E-state index contributed by atoms with van der Waals surface area (Å²) < 4.78 is 29.4. The van der Waals surface area contributed by atoms with Crippen LogP contribution in [0.3, 0.4) is 0 Å². The van der Waals surface area contributed by atoms with Crippen LogP contribution in [-0.2, 0) is 10.0 Å². The van der Waals surface area contributed by atoms with Gasteiger partial charge in [-0.15, -0.1) is 0 Å². The molecule has 1 aliphatic heterocycles. The highest BCUT2D eigenvalue weighted by Gasteiger charge is 2.24. The fourth-order valence-electron chi connectivity index (χ4n) is 3.43. The molecule has 1 aromatic rings. The van der Waals surface area contributed by atoms with Gasteiger partial charge in [0.05, 0.1) is 6.20 Å². The highest BCUT2D eigenvalue weighted by Crippen LogP contribution is 2.21. The Morgan fingerprint density at radius 1 is 1.29 bits per heavy atom. The molecular formula is C17H32N4O2S. The van der Waals surface area contributed by atoms with Crippen LogP contribution in [0.4, 0.5) is 0 Å². The Morgan fingerprint density at radius 2 is 2.04 bits per heavy atom. The van der Waals surface area contributed by atoms with Crippen molar-refractivity contribution in [3.05, 3.63) is 12.3 Å². The van der Waals surface area contributed by atoms with Crippen molar-refractivity contribution in [1.29, 1.82) is 0 Å². The molecule has 0 spiro atoms. The molecule has 0 amide bonds. The molecule has 6 nitrogen and oxygen atoms in total. The minimum Gasteiger partial charge on any atom is -0.300 e. The lowest BCUT2D eigenvalue weighted by Gasteiger charge is -2.37. The standard InChI is InChI=1S/C17H32N4O2S/c1-14(2)13-20-12-6-5-7-16(20)8-11-19-24(22,23)17-9-10-18-21(17)15(3)4/h9-10,14-16,19H,5-8,11-13H2,1-4H3/t16-/m0/s1. The summed E-state index contributed by atoms with van der Waals surface area (Å²) in [6.07, 6.45) is 6.06. The maximum Gasteiger partial charge on any atom is 0.257 e. The monoisotopic (exact) mass is 356 g/mol. The molecule has 7 heteroatoms. The van der Waals surface area contributed by atoms with Gasteiger partial charge in [-0.1, -0.05) is 20.3 Å². The van der Waals surface area contributed by atoms with Crippen LogP contribution in [-0.4, -0.2) is 48.8 Å². The third kappa shape index (κ3) is 5.04. The summed E-state index contributed by atoms with van der Waals surface area (Å²) in [5.74, 6) is 0.641. The van der Waals surface area contributed by atoms with Crippen LogP contribution < -0.4 is 4.72 Å². The fourth-order valence-corrected chi connectivity index (χ4v) is 4.71. The minimum atomic E-state index is -3.50. The van der Waals surface area contributed by atoms with Crippen LogP contribution in [0, 0.1) is 5.92 Å². The SMILES string of the molecule is CC(C)CN1CCCC[C@H]1CCNS(=O)(=O)c1ccnn1C(C)C. The zero-order valence-electron chi connectivity index (χ0n) is 15.4. The quantitative estimate of drug-likeness (QED) is 0.777. The van der Waals surface area contributed by atoms with E-state index in [0.29, 0.717) is 18.5 Å². The molecule has 138 valence electrons. The van der Waals surface area contributed by atoms with Crippen molar-refractivity contribution in [2.75, 3.05) is 19.6 Å². The van der Waals surface area contributed by atoms with Crippen LogP contribution in [0.25, 0.3) is 0 Å². The van der Waals surface area contributed by atoms with Crippen molar-refractivity contribution >= 4 is 10.0 Å². The summed E-state index contributed by atoms with van der Waals surface area (Å²) in [4.78, 5) is 2.53. The van der Waals surface area contributed by atoms with Crippen LogP contribution in [0.5, 0.6) is 0 Å². The molecule has 1 saturated heterocycles. The molecular weight excluding hydrogens is 324 g/mol. The summed E-state index contributed by atoms with van der Waals surface area (Å²) in [5.41, 5.74) is 0. The van der Waals surface area contributed by atoms with Gasteiger partial charge in [0, 0.05) is 25.2 Å². The molecule has 0 unspecified atom stereocenters. The molecule has 1 aliphatic rings. The molecule has 0 saturated carbocycles. The van der Waals surface area contributed by atoms with Crippen molar-refractivity contribution in [2.24, 2.45) is 5.92 Å². The summed E-state index contributed by atoms with van der Waals surface area (Å²) >= 11 is 0. The van der Waals surface area contributed by atoms with E-state index >= 15 is 0 Å². The van der Waals surface area contributed by atoms with Crippen LogP contribution in [0.2, 0.25) is 0 Å². The largest absolute Gasteiger partial charge is 0.300 e. The van der Waals surface area contributed by atoms with Gasteiger partial charge in [0.1, 0.15) is 0 Å². The molecule has 1 N–H and O–H groups in total. The smallest absolute Gasteiger partial charge is 0.257 e. The second kappa shape index (κ2) is 8.45.